The summed E-state index contributed by atoms with van der Waals surface area (Å²) in [7, 11) is 0. The van der Waals surface area contributed by atoms with Gasteiger partial charge in [0.2, 0.25) is 5.91 Å². The molecule has 0 bridgehead atoms. The molecule has 1 aliphatic rings. The van der Waals surface area contributed by atoms with Gasteiger partial charge in [-0.05, 0) is 69.0 Å². The largest absolute Gasteiger partial charge is 0.484 e. The molecule has 1 atom stereocenters. The highest BCUT2D eigenvalue weighted by Crippen LogP contribution is 2.28. The number of nitrogens with one attached hydrogen (secondary N) is 1. The number of ether oxygens (including phenoxy) is 1. The van der Waals surface area contributed by atoms with Gasteiger partial charge in [-0.1, -0.05) is 53.7 Å². The van der Waals surface area contributed by atoms with Crippen LogP contribution in [0.25, 0.3) is 0 Å². The molecule has 1 unspecified atom stereocenters. The average Bonchev–Trinajstić information content (AvgIpc) is 3.28. The van der Waals surface area contributed by atoms with Crippen LogP contribution in [0.15, 0.2) is 30.3 Å². The van der Waals surface area contributed by atoms with E-state index in [0.29, 0.717) is 26.4 Å². The second-order valence-electron chi connectivity index (χ2n) is 8.55. The molecule has 8 heteroatoms. The quantitative estimate of drug-likeness (QED) is 0.464. The van der Waals surface area contributed by atoms with Crippen LogP contribution in [0.5, 0.6) is 5.75 Å². The molecule has 0 saturated heterocycles. The standard InChI is InChI=1S/C25H29Cl3N2O3/c1-15-11-19(12-16(2)24(15)28)33-14-23(31)30(13-20-21(26)9-6-10-22(20)27)17(3)25(32)29-18-7-4-5-8-18/h6,9-12,17-18H,4-5,7-8,13-14H2,1-3H3,(H,29,32). The molecular formula is C25H29Cl3N2O3. The smallest absolute Gasteiger partial charge is 0.261 e. The summed E-state index contributed by atoms with van der Waals surface area (Å²) in [5, 5.41) is 4.61. The van der Waals surface area contributed by atoms with Crippen molar-refractivity contribution >= 4 is 46.6 Å². The predicted octanol–water partition coefficient (Wildman–Crippen LogP) is 6.12. The number of benzene rings is 2. The summed E-state index contributed by atoms with van der Waals surface area (Å²) < 4.78 is 5.78. The van der Waals surface area contributed by atoms with E-state index in [1.54, 1.807) is 37.3 Å². The van der Waals surface area contributed by atoms with Crippen molar-refractivity contribution in [2.75, 3.05) is 6.61 Å². The number of carbonyl (C=O) groups excluding carboxylic acids is 2. The fraction of sp³-hybridized carbons (Fsp3) is 0.440. The predicted molar refractivity (Wildman–Crippen MR) is 133 cm³/mol. The van der Waals surface area contributed by atoms with Crippen molar-refractivity contribution in [3.8, 4) is 5.75 Å². The molecule has 0 aliphatic heterocycles. The number of carbonyl (C=O) groups is 2. The number of hydrogen-bond acceptors (Lipinski definition) is 3. The van der Waals surface area contributed by atoms with E-state index in [1.165, 1.54) is 4.90 Å². The Morgan fingerprint density at radius 3 is 2.24 bits per heavy atom. The lowest BCUT2D eigenvalue weighted by Crippen LogP contribution is -2.50. The van der Waals surface area contributed by atoms with Gasteiger partial charge in [-0.3, -0.25) is 9.59 Å². The molecule has 2 aromatic carbocycles. The van der Waals surface area contributed by atoms with Gasteiger partial charge >= 0.3 is 0 Å². The van der Waals surface area contributed by atoms with E-state index in [2.05, 4.69) is 5.32 Å². The molecule has 0 aromatic heterocycles. The van der Waals surface area contributed by atoms with Crippen LogP contribution in [0, 0.1) is 13.8 Å². The summed E-state index contributed by atoms with van der Waals surface area (Å²) in [5.41, 5.74) is 2.32. The van der Waals surface area contributed by atoms with Crippen LogP contribution in [0.1, 0.15) is 49.3 Å². The minimum atomic E-state index is -0.720. The van der Waals surface area contributed by atoms with Crippen molar-refractivity contribution in [1.82, 2.24) is 10.2 Å². The number of amides is 2. The zero-order valence-electron chi connectivity index (χ0n) is 19.1. The van der Waals surface area contributed by atoms with Gasteiger partial charge in [0.25, 0.3) is 5.91 Å². The van der Waals surface area contributed by atoms with Gasteiger partial charge in [-0.2, -0.15) is 0 Å². The van der Waals surface area contributed by atoms with E-state index >= 15 is 0 Å². The zero-order valence-corrected chi connectivity index (χ0v) is 21.4. The minimum Gasteiger partial charge on any atom is -0.484 e. The van der Waals surface area contributed by atoms with Crippen molar-refractivity contribution in [1.29, 1.82) is 0 Å². The lowest BCUT2D eigenvalue weighted by molar-refractivity contribution is -0.142. The van der Waals surface area contributed by atoms with Crippen molar-refractivity contribution in [2.24, 2.45) is 0 Å². The Hall–Kier alpha value is -1.95. The van der Waals surface area contributed by atoms with Crippen LogP contribution >= 0.6 is 34.8 Å². The Bertz CT molecular complexity index is 979. The SMILES string of the molecule is Cc1cc(OCC(=O)N(Cc2c(Cl)cccc2Cl)C(C)C(=O)NC2CCCC2)cc(C)c1Cl. The molecule has 5 nitrogen and oxygen atoms in total. The molecule has 1 saturated carbocycles. The van der Waals surface area contributed by atoms with Gasteiger partial charge in [-0.15, -0.1) is 0 Å². The van der Waals surface area contributed by atoms with E-state index in [1.807, 2.05) is 13.8 Å². The van der Waals surface area contributed by atoms with Gasteiger partial charge in [0.05, 0.1) is 0 Å². The summed E-state index contributed by atoms with van der Waals surface area (Å²) in [6.07, 6.45) is 4.12. The molecular weight excluding hydrogens is 483 g/mol. The van der Waals surface area contributed by atoms with Crippen LogP contribution < -0.4 is 10.1 Å². The van der Waals surface area contributed by atoms with Crippen molar-refractivity contribution in [3.63, 3.8) is 0 Å². The Morgan fingerprint density at radius 2 is 1.67 bits per heavy atom. The lowest BCUT2D eigenvalue weighted by atomic mass is 10.1. The number of halogens is 3. The number of hydrogen-bond donors (Lipinski definition) is 1. The van der Waals surface area contributed by atoms with Gasteiger partial charge in [0.15, 0.2) is 6.61 Å². The van der Waals surface area contributed by atoms with Crippen molar-refractivity contribution < 1.29 is 14.3 Å². The highest BCUT2D eigenvalue weighted by Gasteiger charge is 2.29. The first-order valence-electron chi connectivity index (χ1n) is 11.1. The fourth-order valence-corrected chi connectivity index (χ4v) is 4.67. The summed E-state index contributed by atoms with van der Waals surface area (Å²) >= 11 is 18.9. The molecule has 2 aromatic rings. The highest BCUT2D eigenvalue weighted by atomic mass is 35.5. The minimum absolute atomic E-state index is 0.0959. The normalized spacial score (nSPS) is 14.7. The maximum atomic E-state index is 13.3. The Morgan fingerprint density at radius 1 is 1.09 bits per heavy atom. The third-order valence-electron chi connectivity index (χ3n) is 6.03. The second-order valence-corrected chi connectivity index (χ2v) is 9.74. The van der Waals surface area contributed by atoms with Crippen LogP contribution in [0.3, 0.4) is 0 Å². The molecule has 178 valence electrons. The van der Waals surface area contributed by atoms with E-state index in [4.69, 9.17) is 39.5 Å². The summed E-state index contributed by atoms with van der Waals surface area (Å²) in [4.78, 5) is 27.7. The fourth-order valence-electron chi connectivity index (χ4n) is 4.05. The van der Waals surface area contributed by atoms with Crippen LogP contribution in [-0.2, 0) is 16.1 Å². The van der Waals surface area contributed by atoms with Crippen molar-refractivity contribution in [2.45, 2.75) is 65.1 Å². The van der Waals surface area contributed by atoms with Gasteiger partial charge in [-0.25, -0.2) is 0 Å². The van der Waals surface area contributed by atoms with Gasteiger partial charge in [0, 0.05) is 33.2 Å². The van der Waals surface area contributed by atoms with E-state index < -0.39 is 6.04 Å². The monoisotopic (exact) mass is 510 g/mol. The first-order chi connectivity index (χ1) is 15.7. The lowest BCUT2D eigenvalue weighted by Gasteiger charge is -2.30. The molecule has 0 radical (unpaired) electrons. The van der Waals surface area contributed by atoms with Crippen molar-refractivity contribution in [3.05, 3.63) is 62.1 Å². The molecule has 0 spiro atoms. The third kappa shape index (κ3) is 6.56. The van der Waals surface area contributed by atoms with Gasteiger partial charge < -0.3 is 15.0 Å². The molecule has 1 aliphatic carbocycles. The topological polar surface area (TPSA) is 58.6 Å². The Kier molecular flexibility index (Phi) is 8.91. The van der Waals surface area contributed by atoms with E-state index in [9.17, 15) is 9.59 Å². The highest BCUT2D eigenvalue weighted by molar-refractivity contribution is 6.36. The summed E-state index contributed by atoms with van der Waals surface area (Å²) in [6, 6.07) is 8.17. The first kappa shape index (κ1) is 25.7. The number of aryl methyl sites for hydroxylation is 2. The maximum absolute atomic E-state index is 13.3. The van der Waals surface area contributed by atoms with Crippen LogP contribution in [0.4, 0.5) is 0 Å². The maximum Gasteiger partial charge on any atom is 0.261 e. The molecule has 1 fully saturated rings. The zero-order chi connectivity index (χ0) is 24.1. The van der Waals surface area contributed by atoms with Crippen LogP contribution in [0.2, 0.25) is 15.1 Å². The summed E-state index contributed by atoms with van der Waals surface area (Å²) in [6.45, 7) is 5.34. The van der Waals surface area contributed by atoms with E-state index in [-0.39, 0.29) is 31.0 Å². The molecule has 2 amide bonds. The molecule has 3 rings (SSSR count). The third-order valence-corrected chi connectivity index (χ3v) is 7.34. The second kappa shape index (κ2) is 11.5. The Labute approximate surface area is 210 Å². The van der Waals surface area contributed by atoms with E-state index in [0.717, 1.165) is 36.8 Å². The van der Waals surface area contributed by atoms with Crippen LogP contribution in [-0.4, -0.2) is 35.4 Å². The molecule has 0 heterocycles. The van der Waals surface area contributed by atoms with Gasteiger partial charge in [0.1, 0.15) is 11.8 Å². The Balaban J connectivity index is 1.79. The number of nitrogens with zero attached hydrogens (tertiary/aromatic N) is 1. The average molecular weight is 512 g/mol. The molecule has 1 N–H and O–H groups in total. The summed E-state index contributed by atoms with van der Waals surface area (Å²) in [5.74, 6) is 0.00320. The molecule has 33 heavy (non-hydrogen) atoms. The number of rotatable bonds is 8. The first-order valence-corrected chi connectivity index (χ1v) is 12.2.